The van der Waals surface area contributed by atoms with Crippen molar-refractivity contribution in [1.29, 1.82) is 0 Å². The Balaban J connectivity index is 1.81. The Morgan fingerprint density at radius 1 is 1.32 bits per heavy atom. The third-order valence-corrected chi connectivity index (χ3v) is 5.75. The Labute approximate surface area is 151 Å². The summed E-state index contributed by atoms with van der Waals surface area (Å²) in [6.07, 6.45) is 2.83. The number of ether oxygens (including phenoxy) is 1. The Bertz CT molecular complexity index is 828. The van der Waals surface area contributed by atoms with Crippen molar-refractivity contribution in [1.82, 2.24) is 19.3 Å². The normalized spacial score (nSPS) is 15.6. The van der Waals surface area contributed by atoms with Crippen molar-refractivity contribution in [2.24, 2.45) is 0 Å². The number of sulfonamides is 1. The molecule has 1 saturated heterocycles. The minimum Gasteiger partial charge on any atom is -0.378 e. The van der Waals surface area contributed by atoms with Crippen LogP contribution in [0, 0.1) is 0 Å². The van der Waals surface area contributed by atoms with Gasteiger partial charge >= 0.3 is 0 Å². The van der Waals surface area contributed by atoms with E-state index in [1.165, 1.54) is 29.8 Å². The molecule has 0 aliphatic carbocycles. The molecular weight excluding hydrogens is 366 g/mol. The van der Waals surface area contributed by atoms with Crippen LogP contribution in [0.25, 0.3) is 0 Å². The minimum atomic E-state index is -3.67. The van der Waals surface area contributed by atoms with Crippen LogP contribution in [-0.2, 0) is 21.3 Å². The summed E-state index contributed by atoms with van der Waals surface area (Å²) in [5.74, 6) is 1.01. The summed E-state index contributed by atoms with van der Waals surface area (Å²) in [5, 5.41) is 0.277. The molecule has 8 nitrogen and oxygen atoms in total. The predicted molar refractivity (Wildman–Crippen MR) is 93.0 cm³/mol. The lowest BCUT2D eigenvalue weighted by Crippen LogP contribution is -2.37. The molecule has 0 radical (unpaired) electrons. The second kappa shape index (κ2) is 7.61. The molecular formula is C15H18ClN5O3S. The van der Waals surface area contributed by atoms with Gasteiger partial charge in [0.15, 0.2) is 0 Å². The van der Waals surface area contributed by atoms with E-state index in [1.807, 2.05) is 4.90 Å². The van der Waals surface area contributed by atoms with Crippen LogP contribution in [0.5, 0.6) is 0 Å². The first-order valence-corrected chi connectivity index (χ1v) is 9.51. The van der Waals surface area contributed by atoms with Gasteiger partial charge in [-0.15, -0.1) is 0 Å². The van der Waals surface area contributed by atoms with Crippen LogP contribution in [0.15, 0.2) is 35.5 Å². The molecule has 3 heterocycles. The van der Waals surface area contributed by atoms with Crippen LogP contribution < -0.4 is 4.90 Å². The molecule has 1 fully saturated rings. The van der Waals surface area contributed by atoms with E-state index in [1.54, 1.807) is 12.1 Å². The van der Waals surface area contributed by atoms with Gasteiger partial charge in [0.1, 0.15) is 21.7 Å². The van der Waals surface area contributed by atoms with Gasteiger partial charge in [0.05, 0.1) is 19.8 Å². The van der Waals surface area contributed by atoms with Gasteiger partial charge in [-0.05, 0) is 12.1 Å². The average molecular weight is 384 g/mol. The highest BCUT2D eigenvalue weighted by Crippen LogP contribution is 2.20. The van der Waals surface area contributed by atoms with E-state index >= 15 is 0 Å². The molecule has 2 aromatic heterocycles. The maximum absolute atomic E-state index is 12.6. The molecule has 0 bridgehead atoms. The standard InChI is InChI=1S/C15H18ClN5O3S/c1-20(25(22,23)12-3-2-4-17-10-12)11-14-18-13(16)9-15(19-14)21-5-7-24-8-6-21/h2-4,9-10H,5-8,11H2,1H3. The molecule has 0 N–H and O–H groups in total. The zero-order chi connectivity index (χ0) is 17.9. The lowest BCUT2D eigenvalue weighted by molar-refractivity contribution is 0.122. The Morgan fingerprint density at radius 3 is 2.76 bits per heavy atom. The monoisotopic (exact) mass is 383 g/mol. The van der Waals surface area contributed by atoms with Gasteiger partial charge in [-0.25, -0.2) is 18.4 Å². The van der Waals surface area contributed by atoms with Crippen LogP contribution >= 0.6 is 11.6 Å². The summed E-state index contributed by atoms with van der Waals surface area (Å²) in [4.78, 5) is 14.6. The fourth-order valence-corrected chi connectivity index (χ4v) is 3.73. The quantitative estimate of drug-likeness (QED) is 0.716. The summed E-state index contributed by atoms with van der Waals surface area (Å²) in [6, 6.07) is 4.75. The van der Waals surface area contributed by atoms with E-state index in [2.05, 4.69) is 15.0 Å². The fraction of sp³-hybridized carbons (Fsp3) is 0.400. The number of rotatable bonds is 5. The topological polar surface area (TPSA) is 88.5 Å². The number of pyridine rings is 1. The van der Waals surface area contributed by atoms with Gasteiger partial charge in [0.25, 0.3) is 0 Å². The van der Waals surface area contributed by atoms with E-state index in [0.29, 0.717) is 37.9 Å². The zero-order valence-corrected chi connectivity index (χ0v) is 15.2. The van der Waals surface area contributed by atoms with Crippen LogP contribution in [0.2, 0.25) is 5.15 Å². The van der Waals surface area contributed by atoms with Gasteiger partial charge < -0.3 is 9.64 Å². The molecule has 134 valence electrons. The minimum absolute atomic E-state index is 0.00906. The maximum atomic E-state index is 12.6. The number of hydrogen-bond donors (Lipinski definition) is 0. The van der Waals surface area contributed by atoms with E-state index in [9.17, 15) is 8.42 Å². The van der Waals surface area contributed by atoms with Crippen molar-refractivity contribution in [2.75, 3.05) is 38.3 Å². The highest BCUT2D eigenvalue weighted by molar-refractivity contribution is 7.89. The van der Waals surface area contributed by atoms with Crippen molar-refractivity contribution in [2.45, 2.75) is 11.4 Å². The number of aromatic nitrogens is 3. The first kappa shape index (κ1) is 18.0. The van der Waals surface area contributed by atoms with Gasteiger partial charge in [-0.2, -0.15) is 4.31 Å². The summed E-state index contributed by atoms with van der Waals surface area (Å²) in [5.41, 5.74) is 0. The Kier molecular flexibility index (Phi) is 5.48. The van der Waals surface area contributed by atoms with Crippen LogP contribution in [0.4, 0.5) is 5.82 Å². The van der Waals surface area contributed by atoms with Crippen LogP contribution in [0.1, 0.15) is 5.82 Å². The second-order valence-corrected chi connectivity index (χ2v) is 7.95. The smallest absolute Gasteiger partial charge is 0.244 e. The summed E-state index contributed by atoms with van der Waals surface area (Å²) >= 11 is 6.10. The molecule has 1 aliphatic rings. The number of hydrogen-bond acceptors (Lipinski definition) is 7. The molecule has 1 aliphatic heterocycles. The number of morpholine rings is 1. The Morgan fingerprint density at radius 2 is 2.08 bits per heavy atom. The SMILES string of the molecule is CN(Cc1nc(Cl)cc(N2CCOCC2)n1)S(=O)(=O)c1cccnc1. The summed E-state index contributed by atoms with van der Waals surface area (Å²) < 4.78 is 31.7. The van der Waals surface area contributed by atoms with Gasteiger partial charge in [-0.3, -0.25) is 4.98 Å². The first-order valence-electron chi connectivity index (χ1n) is 7.69. The van der Waals surface area contributed by atoms with Crippen LogP contribution in [-0.4, -0.2) is 61.0 Å². The van der Waals surface area contributed by atoms with E-state index < -0.39 is 10.0 Å². The van der Waals surface area contributed by atoms with Crippen molar-refractivity contribution in [3.63, 3.8) is 0 Å². The molecule has 0 amide bonds. The van der Waals surface area contributed by atoms with Crippen LogP contribution in [0.3, 0.4) is 0 Å². The second-order valence-electron chi connectivity index (χ2n) is 5.51. The lowest BCUT2D eigenvalue weighted by atomic mass is 10.4. The Hall–Kier alpha value is -1.81. The highest BCUT2D eigenvalue weighted by atomic mass is 35.5. The average Bonchev–Trinajstić information content (AvgIpc) is 2.62. The molecule has 3 rings (SSSR count). The molecule has 2 aromatic rings. The first-order chi connectivity index (χ1) is 12.0. The molecule has 0 aromatic carbocycles. The summed E-state index contributed by atoms with van der Waals surface area (Å²) in [6.45, 7) is 2.65. The molecule has 0 saturated carbocycles. The lowest BCUT2D eigenvalue weighted by Gasteiger charge is -2.28. The zero-order valence-electron chi connectivity index (χ0n) is 13.7. The number of halogens is 1. The van der Waals surface area contributed by atoms with Crippen molar-refractivity contribution >= 4 is 27.4 Å². The number of anilines is 1. The van der Waals surface area contributed by atoms with E-state index in [4.69, 9.17) is 16.3 Å². The van der Waals surface area contributed by atoms with Gasteiger partial charge in [0, 0.05) is 38.6 Å². The molecule has 10 heteroatoms. The molecule has 0 spiro atoms. The number of nitrogens with zero attached hydrogens (tertiary/aromatic N) is 5. The predicted octanol–water partition coefficient (Wildman–Crippen LogP) is 1.18. The third kappa shape index (κ3) is 4.24. The van der Waals surface area contributed by atoms with Crippen molar-refractivity contribution < 1.29 is 13.2 Å². The van der Waals surface area contributed by atoms with E-state index in [-0.39, 0.29) is 16.6 Å². The summed E-state index contributed by atoms with van der Waals surface area (Å²) in [7, 11) is -2.20. The van der Waals surface area contributed by atoms with Crippen molar-refractivity contribution in [3.8, 4) is 0 Å². The van der Waals surface area contributed by atoms with E-state index in [0.717, 1.165) is 0 Å². The largest absolute Gasteiger partial charge is 0.378 e. The van der Waals surface area contributed by atoms with Gasteiger partial charge in [-0.1, -0.05) is 11.6 Å². The van der Waals surface area contributed by atoms with Crippen molar-refractivity contribution in [3.05, 3.63) is 41.6 Å². The highest BCUT2D eigenvalue weighted by Gasteiger charge is 2.23. The molecule has 0 unspecified atom stereocenters. The third-order valence-electron chi connectivity index (χ3n) is 3.77. The fourth-order valence-electron chi connectivity index (χ4n) is 2.44. The molecule has 0 atom stereocenters. The maximum Gasteiger partial charge on any atom is 0.244 e. The molecule has 25 heavy (non-hydrogen) atoms. The van der Waals surface area contributed by atoms with Gasteiger partial charge in [0.2, 0.25) is 10.0 Å².